The number of hydrogen-bond donors (Lipinski definition) is 3. The summed E-state index contributed by atoms with van der Waals surface area (Å²) in [5.74, 6) is 0.850. The number of aromatic nitrogens is 1. The molecule has 0 aliphatic rings. The summed E-state index contributed by atoms with van der Waals surface area (Å²) in [6.07, 6.45) is -0.491. The van der Waals surface area contributed by atoms with E-state index in [1.807, 2.05) is 54.6 Å². The smallest absolute Gasteiger partial charge is 0.407 e. The summed E-state index contributed by atoms with van der Waals surface area (Å²) in [7, 11) is 0. The number of para-hydroxylation sites is 1. The van der Waals surface area contributed by atoms with Crippen LogP contribution in [-0.2, 0) is 4.74 Å². The molecule has 0 spiro atoms. The molecule has 168 valence electrons. The Labute approximate surface area is 190 Å². The van der Waals surface area contributed by atoms with Crippen LogP contribution in [0.1, 0.15) is 30.4 Å². The highest BCUT2D eigenvalue weighted by molar-refractivity contribution is 7.18. The van der Waals surface area contributed by atoms with Crippen molar-refractivity contribution in [1.29, 1.82) is 0 Å². The van der Waals surface area contributed by atoms with Crippen molar-refractivity contribution in [3.8, 4) is 22.8 Å². The molecule has 9 heteroatoms. The lowest BCUT2D eigenvalue weighted by molar-refractivity contribution is 0.0530. The van der Waals surface area contributed by atoms with E-state index in [1.165, 1.54) is 11.3 Å². The van der Waals surface area contributed by atoms with Gasteiger partial charge in [0.05, 0.1) is 5.69 Å². The number of alkyl carbamates (subject to hydrolysis) is 1. The molecule has 32 heavy (non-hydrogen) atoms. The molecule has 0 fully saturated rings. The molecule has 1 heterocycles. The zero-order chi connectivity index (χ0) is 23.1. The molecule has 2 aromatic carbocycles. The number of anilines is 1. The first-order chi connectivity index (χ1) is 15.2. The fraction of sp³-hybridized carbons (Fsp3) is 0.261. The van der Waals surface area contributed by atoms with Crippen molar-refractivity contribution in [2.75, 3.05) is 18.4 Å². The van der Waals surface area contributed by atoms with Gasteiger partial charge in [0.2, 0.25) is 0 Å². The predicted octanol–water partition coefficient (Wildman–Crippen LogP) is 4.64. The number of nitrogens with one attached hydrogen (secondary N) is 2. The van der Waals surface area contributed by atoms with E-state index in [-0.39, 0.29) is 0 Å². The van der Waals surface area contributed by atoms with Gasteiger partial charge in [0.25, 0.3) is 5.91 Å². The van der Waals surface area contributed by atoms with Gasteiger partial charge in [-0.25, -0.2) is 9.78 Å². The third-order valence-corrected chi connectivity index (χ3v) is 5.05. The zero-order valence-electron chi connectivity index (χ0n) is 18.2. The minimum atomic E-state index is -0.556. The number of thiazole rings is 1. The Morgan fingerprint density at radius 3 is 2.28 bits per heavy atom. The molecular formula is C23H26N4O4S. The Bertz CT molecular complexity index is 1060. The molecule has 3 aromatic rings. The van der Waals surface area contributed by atoms with Crippen molar-refractivity contribution in [1.82, 2.24) is 10.3 Å². The molecule has 4 N–H and O–H groups in total. The Kier molecular flexibility index (Phi) is 7.32. The van der Waals surface area contributed by atoms with Gasteiger partial charge in [-0.15, -0.1) is 0 Å². The molecule has 0 unspecified atom stereocenters. The van der Waals surface area contributed by atoms with Crippen LogP contribution in [0, 0.1) is 0 Å². The van der Waals surface area contributed by atoms with E-state index in [2.05, 4.69) is 15.6 Å². The van der Waals surface area contributed by atoms with E-state index >= 15 is 0 Å². The first-order valence-corrected chi connectivity index (χ1v) is 10.9. The van der Waals surface area contributed by atoms with Gasteiger partial charge in [0.15, 0.2) is 5.13 Å². The number of carbonyl (C=O) groups is 2. The van der Waals surface area contributed by atoms with E-state index in [1.54, 1.807) is 20.8 Å². The SMILES string of the molecule is CC(C)(C)OC(=O)NCCNc1nc(-c2ccc(Oc3ccccc3)cc2)c(C(N)=O)s1. The number of amides is 2. The van der Waals surface area contributed by atoms with Gasteiger partial charge < -0.3 is 25.8 Å². The van der Waals surface area contributed by atoms with Crippen molar-refractivity contribution in [2.45, 2.75) is 26.4 Å². The van der Waals surface area contributed by atoms with Crippen LogP contribution < -0.4 is 21.1 Å². The quantitative estimate of drug-likeness (QED) is 0.427. The van der Waals surface area contributed by atoms with Crippen LogP contribution in [0.15, 0.2) is 54.6 Å². The highest BCUT2D eigenvalue weighted by atomic mass is 32.1. The molecule has 0 bridgehead atoms. The van der Waals surface area contributed by atoms with Crippen LogP contribution in [0.3, 0.4) is 0 Å². The number of primary amides is 1. The first kappa shape index (κ1) is 23.1. The van der Waals surface area contributed by atoms with E-state index in [0.29, 0.717) is 34.5 Å². The van der Waals surface area contributed by atoms with E-state index in [0.717, 1.165) is 11.3 Å². The largest absolute Gasteiger partial charge is 0.457 e. The lowest BCUT2D eigenvalue weighted by atomic mass is 10.1. The average Bonchev–Trinajstić information content (AvgIpc) is 3.16. The number of nitrogens with zero attached hydrogens (tertiary/aromatic N) is 1. The van der Waals surface area contributed by atoms with Gasteiger partial charge in [-0.3, -0.25) is 4.79 Å². The van der Waals surface area contributed by atoms with Gasteiger partial charge in [-0.2, -0.15) is 0 Å². The minimum absolute atomic E-state index is 0.335. The standard InChI is InChI=1S/C23H26N4O4S/c1-23(2,3)31-22(29)26-14-13-25-21-27-18(19(32-21)20(24)28)15-9-11-17(12-10-15)30-16-7-5-4-6-8-16/h4-12H,13-14H2,1-3H3,(H2,24,28)(H,25,27)(H,26,29). The van der Waals surface area contributed by atoms with Crippen LogP contribution in [0.4, 0.5) is 9.93 Å². The second kappa shape index (κ2) is 10.1. The first-order valence-electron chi connectivity index (χ1n) is 10.1. The van der Waals surface area contributed by atoms with Crippen LogP contribution in [0.2, 0.25) is 0 Å². The highest BCUT2D eigenvalue weighted by Crippen LogP contribution is 2.32. The molecule has 0 aliphatic heterocycles. The maximum absolute atomic E-state index is 11.9. The van der Waals surface area contributed by atoms with Gasteiger partial charge in [-0.1, -0.05) is 29.5 Å². The second-order valence-electron chi connectivity index (χ2n) is 7.86. The maximum Gasteiger partial charge on any atom is 0.407 e. The van der Waals surface area contributed by atoms with Crippen LogP contribution in [-0.4, -0.2) is 35.7 Å². The summed E-state index contributed by atoms with van der Waals surface area (Å²) in [6.45, 7) is 6.14. The predicted molar refractivity (Wildman–Crippen MR) is 125 cm³/mol. The molecule has 2 amide bonds. The Hall–Kier alpha value is -3.59. The van der Waals surface area contributed by atoms with E-state index in [4.69, 9.17) is 15.2 Å². The van der Waals surface area contributed by atoms with Gasteiger partial charge in [0, 0.05) is 18.7 Å². The fourth-order valence-electron chi connectivity index (χ4n) is 2.71. The molecule has 1 aromatic heterocycles. The molecular weight excluding hydrogens is 428 g/mol. The average molecular weight is 455 g/mol. The van der Waals surface area contributed by atoms with Crippen LogP contribution >= 0.6 is 11.3 Å². The third kappa shape index (κ3) is 6.71. The number of carbonyl (C=O) groups excluding carboxylic acids is 2. The number of hydrogen-bond acceptors (Lipinski definition) is 7. The highest BCUT2D eigenvalue weighted by Gasteiger charge is 2.18. The lowest BCUT2D eigenvalue weighted by Crippen LogP contribution is -2.34. The van der Waals surface area contributed by atoms with Crippen LogP contribution in [0.5, 0.6) is 11.5 Å². The van der Waals surface area contributed by atoms with Crippen molar-refractivity contribution in [3.63, 3.8) is 0 Å². The molecule has 0 radical (unpaired) electrons. The summed E-state index contributed by atoms with van der Waals surface area (Å²) in [5.41, 5.74) is 6.24. The fourth-order valence-corrected chi connectivity index (χ4v) is 3.58. The lowest BCUT2D eigenvalue weighted by Gasteiger charge is -2.19. The second-order valence-corrected chi connectivity index (χ2v) is 8.86. The molecule has 0 aliphatic carbocycles. The number of ether oxygens (including phenoxy) is 2. The Balaban J connectivity index is 1.63. The molecule has 0 saturated carbocycles. The summed E-state index contributed by atoms with van der Waals surface area (Å²) >= 11 is 1.17. The van der Waals surface area contributed by atoms with E-state index in [9.17, 15) is 9.59 Å². The summed E-state index contributed by atoms with van der Waals surface area (Å²) in [4.78, 5) is 28.5. The Morgan fingerprint density at radius 2 is 1.66 bits per heavy atom. The topological polar surface area (TPSA) is 116 Å². The zero-order valence-corrected chi connectivity index (χ0v) is 19.0. The maximum atomic E-state index is 11.9. The molecule has 0 saturated heterocycles. The number of benzene rings is 2. The van der Waals surface area contributed by atoms with Crippen molar-refractivity contribution < 1.29 is 19.1 Å². The summed E-state index contributed by atoms with van der Waals surface area (Å²) < 4.78 is 11.0. The van der Waals surface area contributed by atoms with Gasteiger partial charge >= 0.3 is 6.09 Å². The van der Waals surface area contributed by atoms with E-state index < -0.39 is 17.6 Å². The monoisotopic (exact) mass is 454 g/mol. The third-order valence-electron chi connectivity index (χ3n) is 4.03. The Morgan fingerprint density at radius 1 is 1.00 bits per heavy atom. The van der Waals surface area contributed by atoms with Gasteiger partial charge in [0.1, 0.15) is 22.0 Å². The van der Waals surface area contributed by atoms with Crippen LogP contribution in [0.25, 0.3) is 11.3 Å². The van der Waals surface area contributed by atoms with Crippen molar-refractivity contribution in [2.24, 2.45) is 5.73 Å². The molecule has 8 nitrogen and oxygen atoms in total. The van der Waals surface area contributed by atoms with Crippen molar-refractivity contribution in [3.05, 3.63) is 59.5 Å². The molecule has 0 atom stereocenters. The van der Waals surface area contributed by atoms with Gasteiger partial charge in [-0.05, 0) is 57.2 Å². The molecule has 3 rings (SSSR count). The number of nitrogens with two attached hydrogens (primary N) is 1. The number of rotatable bonds is 8. The normalized spacial score (nSPS) is 11.0. The summed E-state index contributed by atoms with van der Waals surface area (Å²) in [6, 6.07) is 16.7. The summed E-state index contributed by atoms with van der Waals surface area (Å²) in [5, 5.41) is 6.29. The van der Waals surface area contributed by atoms with Crippen molar-refractivity contribution >= 4 is 28.5 Å². The minimum Gasteiger partial charge on any atom is -0.457 e.